The van der Waals surface area contributed by atoms with E-state index in [-0.39, 0.29) is 17.4 Å². The maximum Gasteiger partial charge on any atom is 0.267 e. The average molecular weight is 541 g/mol. The smallest absolute Gasteiger partial charge is 0.267 e. The lowest BCUT2D eigenvalue weighted by molar-refractivity contribution is 0.0911. The van der Waals surface area contributed by atoms with Crippen LogP contribution in [-0.4, -0.2) is 21.2 Å². The number of carbonyl (C=O) groups excluding carboxylic acids is 2. The minimum Gasteiger partial charge on any atom is -0.364 e. The van der Waals surface area contributed by atoms with E-state index in [1.54, 1.807) is 47.0 Å². The summed E-state index contributed by atoms with van der Waals surface area (Å²) >= 11 is 6.56. The number of fused-ring (bicyclic) bond motifs is 1. The zero-order valence-corrected chi connectivity index (χ0v) is 22.2. The second-order valence-corrected chi connectivity index (χ2v) is 10.3. The molecule has 196 valence electrons. The molecule has 0 saturated carbocycles. The highest BCUT2D eigenvalue weighted by Crippen LogP contribution is 2.31. The summed E-state index contributed by atoms with van der Waals surface area (Å²) in [5, 5.41) is 3.53. The van der Waals surface area contributed by atoms with Crippen molar-refractivity contribution >= 4 is 29.1 Å². The Hall–Kier alpha value is -4.49. The first kappa shape index (κ1) is 26.1. The van der Waals surface area contributed by atoms with Gasteiger partial charge in [-0.05, 0) is 73.0 Å². The number of nitrogens with one attached hydrogen (secondary N) is 1. The molecule has 2 heterocycles. The largest absolute Gasteiger partial charge is 0.364 e. The van der Waals surface area contributed by atoms with Gasteiger partial charge in [0, 0.05) is 28.8 Å². The molecule has 6 nitrogen and oxygen atoms in total. The van der Waals surface area contributed by atoms with Crippen molar-refractivity contribution < 1.29 is 14.0 Å². The molecule has 0 spiro atoms. The van der Waals surface area contributed by atoms with Gasteiger partial charge in [-0.15, -0.1) is 0 Å². The van der Waals surface area contributed by atoms with Crippen LogP contribution in [0.15, 0.2) is 91.1 Å². The number of benzene rings is 3. The minimum absolute atomic E-state index is 0.228. The van der Waals surface area contributed by atoms with Gasteiger partial charge in [0.25, 0.3) is 11.8 Å². The number of hydrogen-bond acceptors (Lipinski definition) is 3. The summed E-state index contributed by atoms with van der Waals surface area (Å²) in [5.41, 5.74) is 9.91. The molecule has 0 bridgehead atoms. The zero-order valence-electron chi connectivity index (χ0n) is 21.4. The van der Waals surface area contributed by atoms with Crippen LogP contribution < -0.4 is 11.1 Å². The van der Waals surface area contributed by atoms with E-state index < -0.39 is 11.4 Å². The Labute approximate surface area is 230 Å². The van der Waals surface area contributed by atoms with E-state index in [0.717, 1.165) is 11.1 Å². The van der Waals surface area contributed by atoms with Crippen LogP contribution in [0.3, 0.4) is 0 Å². The zero-order chi connectivity index (χ0) is 27.7. The average Bonchev–Trinajstić information content (AvgIpc) is 3.27. The fourth-order valence-electron chi connectivity index (χ4n) is 4.60. The van der Waals surface area contributed by atoms with Gasteiger partial charge >= 0.3 is 0 Å². The number of halogens is 2. The highest BCUT2D eigenvalue weighted by atomic mass is 35.5. The molecular formula is C31H26ClFN4O2. The van der Waals surface area contributed by atoms with Gasteiger partial charge in [-0.2, -0.15) is 0 Å². The number of hydrogen-bond donors (Lipinski definition) is 2. The van der Waals surface area contributed by atoms with Crippen molar-refractivity contribution in [3.8, 4) is 11.1 Å². The van der Waals surface area contributed by atoms with Crippen LogP contribution in [0.1, 0.15) is 51.5 Å². The van der Waals surface area contributed by atoms with Gasteiger partial charge in [-0.1, -0.05) is 54.1 Å². The first-order valence-electron chi connectivity index (χ1n) is 12.4. The summed E-state index contributed by atoms with van der Waals surface area (Å²) in [5.74, 6) is -1.23. The van der Waals surface area contributed by atoms with E-state index in [9.17, 15) is 14.0 Å². The Balaban J connectivity index is 1.50. The number of amides is 2. The summed E-state index contributed by atoms with van der Waals surface area (Å²) in [6.07, 6.45) is 2.04. The summed E-state index contributed by atoms with van der Waals surface area (Å²) in [6, 6.07) is 24.4. The highest BCUT2D eigenvalue weighted by molar-refractivity contribution is 6.33. The lowest BCUT2D eigenvalue weighted by atomic mass is 9.93. The van der Waals surface area contributed by atoms with E-state index >= 15 is 0 Å². The molecule has 2 aromatic heterocycles. The molecule has 0 radical (unpaired) electrons. The van der Waals surface area contributed by atoms with Crippen molar-refractivity contribution in [2.45, 2.75) is 25.8 Å². The maximum absolute atomic E-state index is 13.3. The van der Waals surface area contributed by atoms with Gasteiger partial charge in [0.15, 0.2) is 0 Å². The lowest BCUT2D eigenvalue weighted by Crippen LogP contribution is -2.40. The fraction of sp³-hybridized carbons (Fsp3) is 0.129. The van der Waals surface area contributed by atoms with Crippen molar-refractivity contribution in [3.63, 3.8) is 0 Å². The number of aromatic nitrogens is 2. The Kier molecular flexibility index (Phi) is 6.93. The molecule has 0 unspecified atom stereocenters. The molecule has 0 aliphatic rings. The molecule has 39 heavy (non-hydrogen) atoms. The number of pyridine rings is 1. The number of carbonyl (C=O) groups is 2. The molecule has 0 fully saturated rings. The van der Waals surface area contributed by atoms with E-state index in [1.165, 1.54) is 12.1 Å². The van der Waals surface area contributed by atoms with Gasteiger partial charge < -0.3 is 11.1 Å². The molecule has 0 atom stereocenters. The van der Waals surface area contributed by atoms with Crippen LogP contribution in [0.2, 0.25) is 5.02 Å². The van der Waals surface area contributed by atoms with Crippen molar-refractivity contribution in [2.75, 3.05) is 0 Å². The van der Waals surface area contributed by atoms with Crippen molar-refractivity contribution in [1.82, 2.24) is 14.7 Å². The molecule has 2 amide bonds. The van der Waals surface area contributed by atoms with Gasteiger partial charge in [-0.3, -0.25) is 14.0 Å². The summed E-state index contributed by atoms with van der Waals surface area (Å²) < 4.78 is 15.0. The lowest BCUT2D eigenvalue weighted by Gasteiger charge is -2.27. The third-order valence-electron chi connectivity index (χ3n) is 6.67. The van der Waals surface area contributed by atoms with Crippen molar-refractivity contribution in [1.29, 1.82) is 0 Å². The van der Waals surface area contributed by atoms with Gasteiger partial charge in [0.2, 0.25) is 0 Å². The van der Waals surface area contributed by atoms with E-state index in [1.807, 2.05) is 50.2 Å². The molecule has 0 aliphatic heterocycles. The van der Waals surface area contributed by atoms with Crippen LogP contribution in [0.5, 0.6) is 0 Å². The van der Waals surface area contributed by atoms with Gasteiger partial charge in [0.1, 0.15) is 17.2 Å². The second kappa shape index (κ2) is 10.3. The Bertz CT molecular complexity index is 1700. The number of imidazole rings is 1. The monoisotopic (exact) mass is 540 g/mol. The van der Waals surface area contributed by atoms with Gasteiger partial charge in [0.05, 0.1) is 11.2 Å². The standard InChI is InChI=1S/C31H26ClFN4O2/c1-31(2,22-6-4-3-5-7-22)36-30(39)20-10-14-25(32)24(17-20)21-11-15-27-35-26(28(29(34)38)37(27)18-21)16-19-8-12-23(33)13-9-19/h3-15,17-18H,16H2,1-2H3,(H2,34,38)(H,36,39). The SMILES string of the molecule is CC(C)(NC(=O)c1ccc(Cl)c(-c2ccc3nc(Cc4ccc(F)cc4)c(C(N)=O)n3c2)c1)c1ccccc1. The topological polar surface area (TPSA) is 89.5 Å². The summed E-state index contributed by atoms with van der Waals surface area (Å²) in [4.78, 5) is 30.3. The Morgan fingerprint density at radius 1 is 1.00 bits per heavy atom. The predicted octanol–water partition coefficient (Wildman–Crippen LogP) is 6.15. The number of rotatable bonds is 7. The van der Waals surface area contributed by atoms with E-state index in [2.05, 4.69) is 10.3 Å². The van der Waals surface area contributed by atoms with Crippen molar-refractivity contribution in [3.05, 3.63) is 130 Å². The molecule has 5 aromatic rings. The number of primary amides is 1. The first-order chi connectivity index (χ1) is 18.6. The molecule has 8 heteroatoms. The molecule has 3 N–H and O–H groups in total. The van der Waals surface area contributed by atoms with E-state index in [4.69, 9.17) is 17.3 Å². The summed E-state index contributed by atoms with van der Waals surface area (Å²) in [7, 11) is 0. The maximum atomic E-state index is 13.3. The number of nitrogens with two attached hydrogens (primary N) is 1. The van der Waals surface area contributed by atoms with Crippen LogP contribution in [-0.2, 0) is 12.0 Å². The normalized spacial score (nSPS) is 11.5. The van der Waals surface area contributed by atoms with E-state index in [0.29, 0.717) is 39.5 Å². The molecule has 3 aromatic carbocycles. The van der Waals surface area contributed by atoms with Crippen molar-refractivity contribution in [2.24, 2.45) is 5.73 Å². The third-order valence-corrected chi connectivity index (χ3v) is 7.00. The van der Waals surface area contributed by atoms with Crippen LogP contribution in [0, 0.1) is 5.82 Å². The summed E-state index contributed by atoms with van der Waals surface area (Å²) in [6.45, 7) is 3.89. The Morgan fingerprint density at radius 3 is 2.41 bits per heavy atom. The highest BCUT2D eigenvalue weighted by Gasteiger charge is 2.24. The fourth-order valence-corrected chi connectivity index (χ4v) is 4.83. The third kappa shape index (κ3) is 5.40. The predicted molar refractivity (Wildman–Crippen MR) is 150 cm³/mol. The molecule has 5 rings (SSSR count). The molecule has 0 saturated heterocycles. The molecule has 0 aliphatic carbocycles. The molecular weight excluding hydrogens is 515 g/mol. The first-order valence-corrected chi connectivity index (χ1v) is 12.7. The Morgan fingerprint density at radius 2 is 1.72 bits per heavy atom. The number of nitrogens with zero attached hydrogens (tertiary/aromatic N) is 2. The van der Waals surface area contributed by atoms with Crippen LogP contribution in [0.4, 0.5) is 4.39 Å². The van der Waals surface area contributed by atoms with Crippen LogP contribution >= 0.6 is 11.6 Å². The minimum atomic E-state index is -0.640. The van der Waals surface area contributed by atoms with Gasteiger partial charge in [-0.25, -0.2) is 9.37 Å². The second-order valence-electron chi connectivity index (χ2n) is 9.86. The quantitative estimate of drug-likeness (QED) is 0.259. The van der Waals surface area contributed by atoms with Crippen LogP contribution in [0.25, 0.3) is 16.8 Å².